The first-order valence-corrected chi connectivity index (χ1v) is 12.1. The maximum atomic E-state index is 11.9. The van der Waals surface area contributed by atoms with Gasteiger partial charge in [0.15, 0.2) is 12.2 Å². The van der Waals surface area contributed by atoms with Crippen molar-refractivity contribution < 1.29 is 43.5 Å². The van der Waals surface area contributed by atoms with E-state index in [1.54, 1.807) is 12.1 Å². The van der Waals surface area contributed by atoms with E-state index in [9.17, 15) is 24.9 Å². The molecule has 0 radical (unpaired) electrons. The Morgan fingerprint density at radius 2 is 1.65 bits per heavy atom. The highest BCUT2D eigenvalue weighted by Gasteiger charge is 2.50. The fourth-order valence-corrected chi connectivity index (χ4v) is 4.91. The standard InChI is InChI=1S/C28H32O9/c1-13-8-14(2)20-11-19(36-25(20)15(13)3)9-18-6-7-22(32)21(10-18)26-28(35-17(5)31)27(34-16(4)30)24(33)23(12-29)37-26/h6-8,10-11,23-24,26-29,32-33H,9,12H2,1-5H3/t23?,24-,26+,27?,28+/m1/s1. The van der Waals surface area contributed by atoms with Gasteiger partial charge in [0.05, 0.1) is 6.61 Å². The summed E-state index contributed by atoms with van der Waals surface area (Å²) in [6.07, 6.45) is -5.90. The molecular formula is C28H32O9. The number of benzene rings is 2. The van der Waals surface area contributed by atoms with Crippen molar-refractivity contribution in [1.29, 1.82) is 0 Å². The van der Waals surface area contributed by atoms with E-state index in [1.807, 2.05) is 26.8 Å². The first-order valence-electron chi connectivity index (χ1n) is 12.1. The zero-order valence-corrected chi connectivity index (χ0v) is 21.5. The number of aliphatic hydroxyl groups excluding tert-OH is 2. The molecule has 37 heavy (non-hydrogen) atoms. The number of carbonyl (C=O) groups excluding carboxylic acids is 2. The van der Waals surface area contributed by atoms with Gasteiger partial charge in [-0.1, -0.05) is 12.1 Å². The van der Waals surface area contributed by atoms with Crippen LogP contribution in [0.25, 0.3) is 11.0 Å². The molecule has 2 heterocycles. The molecule has 0 bridgehead atoms. The second kappa shape index (κ2) is 10.5. The highest BCUT2D eigenvalue weighted by Crippen LogP contribution is 2.40. The lowest BCUT2D eigenvalue weighted by molar-refractivity contribution is -0.247. The number of fused-ring (bicyclic) bond motifs is 1. The number of rotatable bonds is 6. The van der Waals surface area contributed by atoms with Crippen LogP contribution in [0.15, 0.2) is 34.7 Å². The van der Waals surface area contributed by atoms with Crippen LogP contribution in [0.2, 0.25) is 0 Å². The van der Waals surface area contributed by atoms with Gasteiger partial charge in [0, 0.05) is 31.2 Å². The van der Waals surface area contributed by atoms with Gasteiger partial charge in [-0.3, -0.25) is 9.59 Å². The normalized spacial score (nSPS) is 23.7. The van der Waals surface area contributed by atoms with E-state index in [0.29, 0.717) is 6.42 Å². The summed E-state index contributed by atoms with van der Waals surface area (Å²) in [5, 5.41) is 32.2. The lowest BCUT2D eigenvalue weighted by atomic mass is 9.89. The Balaban J connectivity index is 1.72. The van der Waals surface area contributed by atoms with Crippen LogP contribution in [0.5, 0.6) is 5.75 Å². The van der Waals surface area contributed by atoms with Crippen LogP contribution < -0.4 is 0 Å². The van der Waals surface area contributed by atoms with Crippen molar-refractivity contribution in [2.45, 2.75) is 71.6 Å². The molecule has 198 valence electrons. The van der Waals surface area contributed by atoms with Gasteiger partial charge < -0.3 is 33.9 Å². The second-order valence-corrected chi connectivity index (χ2v) is 9.58. The molecular weight excluding hydrogens is 480 g/mol. The lowest BCUT2D eigenvalue weighted by Crippen LogP contribution is -2.58. The van der Waals surface area contributed by atoms with Crippen LogP contribution in [0.3, 0.4) is 0 Å². The van der Waals surface area contributed by atoms with Crippen molar-refractivity contribution in [2.24, 2.45) is 0 Å². The average Bonchev–Trinajstić information content (AvgIpc) is 3.25. The van der Waals surface area contributed by atoms with Gasteiger partial charge in [-0.25, -0.2) is 0 Å². The zero-order chi connectivity index (χ0) is 27.0. The molecule has 1 aromatic heterocycles. The predicted molar refractivity (Wildman–Crippen MR) is 133 cm³/mol. The number of phenolic OH excluding ortho intramolecular Hbond substituents is 1. The van der Waals surface area contributed by atoms with Crippen molar-refractivity contribution in [1.82, 2.24) is 0 Å². The van der Waals surface area contributed by atoms with Gasteiger partial charge in [0.1, 0.15) is 35.4 Å². The number of esters is 2. The maximum absolute atomic E-state index is 11.9. The summed E-state index contributed by atoms with van der Waals surface area (Å²) in [7, 11) is 0. The number of aryl methyl sites for hydroxylation is 3. The fourth-order valence-electron chi connectivity index (χ4n) is 4.91. The van der Waals surface area contributed by atoms with Gasteiger partial charge in [-0.15, -0.1) is 0 Å². The molecule has 1 saturated heterocycles. The monoisotopic (exact) mass is 512 g/mol. The van der Waals surface area contributed by atoms with E-state index in [4.69, 9.17) is 18.6 Å². The molecule has 0 spiro atoms. The van der Waals surface area contributed by atoms with E-state index in [2.05, 4.69) is 6.07 Å². The van der Waals surface area contributed by atoms with E-state index in [1.165, 1.54) is 13.0 Å². The van der Waals surface area contributed by atoms with Crippen LogP contribution in [-0.2, 0) is 30.2 Å². The molecule has 2 aromatic carbocycles. The van der Waals surface area contributed by atoms with Gasteiger partial charge in [0.25, 0.3) is 0 Å². The van der Waals surface area contributed by atoms with Crippen molar-refractivity contribution in [3.63, 3.8) is 0 Å². The molecule has 9 nitrogen and oxygen atoms in total. The molecule has 3 N–H and O–H groups in total. The highest BCUT2D eigenvalue weighted by atomic mass is 16.6. The number of carbonyl (C=O) groups is 2. The Morgan fingerprint density at radius 3 is 2.30 bits per heavy atom. The third kappa shape index (κ3) is 5.34. The number of hydrogen-bond donors (Lipinski definition) is 3. The Morgan fingerprint density at radius 1 is 0.973 bits per heavy atom. The van der Waals surface area contributed by atoms with Crippen molar-refractivity contribution in [3.8, 4) is 5.75 Å². The van der Waals surface area contributed by atoms with Crippen LogP contribution in [-0.4, -0.2) is 58.3 Å². The number of phenols is 1. The Bertz CT molecular complexity index is 1320. The van der Waals surface area contributed by atoms with E-state index in [0.717, 1.165) is 45.9 Å². The van der Waals surface area contributed by atoms with E-state index in [-0.39, 0.29) is 11.3 Å². The van der Waals surface area contributed by atoms with Crippen molar-refractivity contribution in [3.05, 3.63) is 63.9 Å². The van der Waals surface area contributed by atoms with Gasteiger partial charge in [-0.2, -0.15) is 0 Å². The minimum Gasteiger partial charge on any atom is -0.508 e. The van der Waals surface area contributed by atoms with Crippen LogP contribution in [0, 0.1) is 20.8 Å². The smallest absolute Gasteiger partial charge is 0.303 e. The summed E-state index contributed by atoms with van der Waals surface area (Å²) in [5.41, 5.74) is 5.20. The molecule has 2 unspecified atom stereocenters. The molecule has 1 aliphatic rings. The fraction of sp³-hybridized carbons (Fsp3) is 0.429. The summed E-state index contributed by atoms with van der Waals surface area (Å²) in [4.78, 5) is 23.7. The van der Waals surface area contributed by atoms with E-state index < -0.39 is 49.1 Å². The first-order chi connectivity index (χ1) is 17.5. The highest BCUT2D eigenvalue weighted by molar-refractivity contribution is 5.85. The number of ether oxygens (including phenoxy) is 3. The SMILES string of the molecule is CC(=O)OC1[C@H](O)C(CO)O[C@@H](c2cc(Cc3cc4c(C)cc(C)c(C)c4o3)ccc2O)[C@@H]1OC(C)=O. The van der Waals surface area contributed by atoms with Crippen molar-refractivity contribution >= 4 is 22.9 Å². The minimum atomic E-state index is -1.45. The van der Waals surface area contributed by atoms with Gasteiger partial charge >= 0.3 is 11.9 Å². The van der Waals surface area contributed by atoms with Crippen LogP contribution in [0.4, 0.5) is 0 Å². The number of aromatic hydroxyl groups is 1. The second-order valence-electron chi connectivity index (χ2n) is 9.58. The minimum absolute atomic E-state index is 0.146. The van der Waals surface area contributed by atoms with Gasteiger partial charge in [-0.05, 0) is 61.2 Å². The third-order valence-corrected chi connectivity index (χ3v) is 6.80. The summed E-state index contributed by atoms with van der Waals surface area (Å²) in [5.74, 6) is -0.815. The maximum Gasteiger partial charge on any atom is 0.303 e. The molecule has 1 fully saturated rings. The number of furan rings is 1. The molecule has 1 aliphatic heterocycles. The van der Waals surface area contributed by atoms with Crippen LogP contribution >= 0.6 is 0 Å². The average molecular weight is 513 g/mol. The Kier molecular flexibility index (Phi) is 7.59. The largest absolute Gasteiger partial charge is 0.508 e. The molecule has 9 heteroatoms. The summed E-state index contributed by atoms with van der Waals surface area (Å²) in [6.45, 7) is 7.85. The van der Waals surface area contributed by atoms with Crippen molar-refractivity contribution in [2.75, 3.05) is 6.61 Å². The predicted octanol–water partition coefficient (Wildman–Crippen LogP) is 3.31. The lowest BCUT2D eigenvalue weighted by Gasteiger charge is -2.43. The third-order valence-electron chi connectivity index (χ3n) is 6.80. The molecule has 0 aliphatic carbocycles. The van der Waals surface area contributed by atoms with Crippen LogP contribution in [0.1, 0.15) is 53.5 Å². The summed E-state index contributed by atoms with van der Waals surface area (Å²) < 4.78 is 22.8. The first kappa shape index (κ1) is 26.7. The summed E-state index contributed by atoms with van der Waals surface area (Å²) in [6, 6.07) is 9.03. The number of aliphatic hydroxyl groups is 2. The Labute approximate surface area is 214 Å². The molecule has 4 rings (SSSR count). The molecule has 3 aromatic rings. The molecule has 0 amide bonds. The topological polar surface area (TPSA) is 136 Å². The number of hydrogen-bond acceptors (Lipinski definition) is 9. The quantitative estimate of drug-likeness (QED) is 0.425. The molecule has 0 saturated carbocycles. The zero-order valence-electron chi connectivity index (χ0n) is 21.5. The summed E-state index contributed by atoms with van der Waals surface area (Å²) >= 11 is 0. The Hall–Kier alpha value is -3.40. The van der Waals surface area contributed by atoms with E-state index >= 15 is 0 Å². The molecule has 5 atom stereocenters. The van der Waals surface area contributed by atoms with Gasteiger partial charge in [0.2, 0.25) is 0 Å².